The molecule has 262 valence electrons. The van der Waals surface area contributed by atoms with Gasteiger partial charge in [-0.25, -0.2) is 15.0 Å². The summed E-state index contributed by atoms with van der Waals surface area (Å²) in [5.74, 6) is -0.855. The van der Waals surface area contributed by atoms with E-state index in [0.717, 1.165) is 29.7 Å². The molecule has 2 aliphatic heterocycles. The molecule has 4 aromatic rings. The first-order valence-corrected chi connectivity index (χ1v) is 16.0. The van der Waals surface area contributed by atoms with E-state index < -0.39 is 29.7 Å². The van der Waals surface area contributed by atoms with Crippen LogP contribution in [0.1, 0.15) is 53.0 Å². The molecule has 14 heteroatoms. The number of hydrogen-bond donors (Lipinski definition) is 0. The first kappa shape index (κ1) is 35.0. The van der Waals surface area contributed by atoms with Crippen molar-refractivity contribution in [3.05, 3.63) is 101 Å². The van der Waals surface area contributed by atoms with Crippen molar-refractivity contribution in [3.63, 3.8) is 0 Å². The van der Waals surface area contributed by atoms with Gasteiger partial charge in [-0.1, -0.05) is 48.5 Å². The number of nitrogens with zero attached hydrogens (tertiary/aromatic N) is 5. The molecule has 0 aliphatic carbocycles. The van der Waals surface area contributed by atoms with Crippen LogP contribution in [0.25, 0.3) is 22.6 Å². The van der Waals surface area contributed by atoms with Crippen molar-refractivity contribution in [3.8, 4) is 22.6 Å². The maximum absolute atomic E-state index is 13.9. The van der Waals surface area contributed by atoms with E-state index in [0.29, 0.717) is 49.2 Å². The smallest absolute Gasteiger partial charge is 0.380 e. The first-order chi connectivity index (χ1) is 23.8. The van der Waals surface area contributed by atoms with Crippen molar-refractivity contribution in [2.24, 2.45) is 5.92 Å². The van der Waals surface area contributed by atoms with E-state index >= 15 is 0 Å². The number of benzene rings is 2. The van der Waals surface area contributed by atoms with E-state index in [-0.39, 0.29) is 48.6 Å². The Morgan fingerprint density at radius 1 is 0.740 bits per heavy atom. The lowest BCUT2D eigenvalue weighted by Crippen LogP contribution is -2.27. The minimum absolute atomic E-state index is 0.00690. The molecule has 4 heterocycles. The second-order valence-electron chi connectivity index (χ2n) is 12.5. The normalized spacial score (nSPS) is 16.9. The molecule has 0 bridgehead atoms. The highest BCUT2D eigenvalue weighted by molar-refractivity contribution is 5.81. The third-order valence-corrected chi connectivity index (χ3v) is 8.80. The molecular formula is C36H33F6N5O3. The maximum Gasteiger partial charge on any atom is 0.433 e. The van der Waals surface area contributed by atoms with Gasteiger partial charge in [0, 0.05) is 68.9 Å². The first-order valence-electron chi connectivity index (χ1n) is 16.0. The van der Waals surface area contributed by atoms with Crippen LogP contribution in [-0.4, -0.2) is 56.8 Å². The lowest BCUT2D eigenvalue weighted by molar-refractivity contribution is -0.142. The standard InChI is InChI=1S/C36H33F6N5O3/c1-50-21-24-15-29(44-30(16-24)35(37,38)39)25-8-4-23(5-9-25)20-47-14-12-27(34(47)49)17-28-18-31(36(40,41)42)45-33(43-28)26-10-6-22(7-11-26)19-46-13-2-3-32(46)48/h4-11,15-16,18,27H,2-3,12-14,17,19-21H2,1H3. The van der Waals surface area contributed by atoms with Crippen molar-refractivity contribution < 1.29 is 40.7 Å². The van der Waals surface area contributed by atoms with Gasteiger partial charge in [-0.3, -0.25) is 9.59 Å². The molecule has 2 fully saturated rings. The fourth-order valence-electron chi connectivity index (χ4n) is 6.26. The topological polar surface area (TPSA) is 88.5 Å². The average Bonchev–Trinajstić information content (AvgIpc) is 3.64. The molecule has 6 rings (SSSR count). The number of methoxy groups -OCH3 is 1. The van der Waals surface area contributed by atoms with Gasteiger partial charge in [0.25, 0.3) is 0 Å². The molecule has 2 aromatic heterocycles. The number of likely N-dealkylation sites (tertiary alicyclic amines) is 2. The number of amides is 2. The van der Waals surface area contributed by atoms with Crippen molar-refractivity contribution in [1.82, 2.24) is 24.8 Å². The van der Waals surface area contributed by atoms with Crippen LogP contribution in [0.3, 0.4) is 0 Å². The molecule has 0 saturated carbocycles. The van der Waals surface area contributed by atoms with Crippen molar-refractivity contribution in [2.45, 2.75) is 57.7 Å². The summed E-state index contributed by atoms with van der Waals surface area (Å²) in [6.07, 6.45) is -7.64. The predicted octanol–water partition coefficient (Wildman–Crippen LogP) is 7.10. The van der Waals surface area contributed by atoms with E-state index in [4.69, 9.17) is 4.74 Å². The molecule has 2 aromatic carbocycles. The molecule has 1 unspecified atom stereocenters. The van der Waals surface area contributed by atoms with E-state index in [1.54, 1.807) is 58.3 Å². The fourth-order valence-corrected chi connectivity index (χ4v) is 6.26. The van der Waals surface area contributed by atoms with E-state index in [9.17, 15) is 35.9 Å². The van der Waals surface area contributed by atoms with Crippen LogP contribution in [-0.2, 0) is 52.8 Å². The van der Waals surface area contributed by atoms with Crippen molar-refractivity contribution in [2.75, 3.05) is 20.2 Å². The molecule has 0 radical (unpaired) electrons. The zero-order chi connectivity index (χ0) is 35.6. The second kappa shape index (κ2) is 14.2. The Hall–Kier alpha value is -4.85. The molecule has 50 heavy (non-hydrogen) atoms. The van der Waals surface area contributed by atoms with Crippen LogP contribution in [0, 0.1) is 5.92 Å². The highest BCUT2D eigenvalue weighted by Crippen LogP contribution is 2.33. The summed E-state index contributed by atoms with van der Waals surface area (Å²) in [5, 5.41) is 0. The Balaban J connectivity index is 1.14. The monoisotopic (exact) mass is 697 g/mol. The molecule has 1 atom stereocenters. The average molecular weight is 698 g/mol. The van der Waals surface area contributed by atoms with Crippen LogP contribution in [0.15, 0.2) is 66.7 Å². The molecule has 8 nitrogen and oxygen atoms in total. The zero-order valence-corrected chi connectivity index (χ0v) is 27.0. The zero-order valence-electron chi connectivity index (χ0n) is 27.0. The quantitative estimate of drug-likeness (QED) is 0.164. The van der Waals surface area contributed by atoms with Crippen LogP contribution >= 0.6 is 0 Å². The summed E-state index contributed by atoms with van der Waals surface area (Å²) in [4.78, 5) is 40.7. The van der Waals surface area contributed by atoms with Crippen LogP contribution in [0.2, 0.25) is 0 Å². The van der Waals surface area contributed by atoms with Gasteiger partial charge in [0.2, 0.25) is 11.8 Å². The predicted molar refractivity (Wildman–Crippen MR) is 170 cm³/mol. The number of rotatable bonds is 10. The maximum atomic E-state index is 13.9. The third kappa shape index (κ3) is 8.12. The number of pyridine rings is 1. The highest BCUT2D eigenvalue weighted by Gasteiger charge is 2.36. The van der Waals surface area contributed by atoms with E-state index in [1.165, 1.54) is 13.2 Å². The van der Waals surface area contributed by atoms with Gasteiger partial charge in [0.15, 0.2) is 5.82 Å². The fraction of sp³-hybridized carbons (Fsp3) is 0.361. The Labute approximate surface area is 284 Å². The number of ether oxygens (including phenoxy) is 1. The van der Waals surface area contributed by atoms with Gasteiger partial charge in [0.05, 0.1) is 12.3 Å². The number of carbonyl (C=O) groups excluding carboxylic acids is 2. The summed E-state index contributed by atoms with van der Waals surface area (Å²) >= 11 is 0. The molecule has 2 amide bonds. The van der Waals surface area contributed by atoms with Gasteiger partial charge in [-0.2, -0.15) is 26.3 Å². The Morgan fingerprint density at radius 3 is 1.96 bits per heavy atom. The number of aromatic nitrogens is 3. The van der Waals surface area contributed by atoms with Gasteiger partial charge in [0.1, 0.15) is 11.4 Å². The third-order valence-electron chi connectivity index (χ3n) is 8.80. The molecule has 0 N–H and O–H groups in total. The van der Waals surface area contributed by atoms with E-state index in [1.807, 2.05) is 0 Å². The van der Waals surface area contributed by atoms with Crippen molar-refractivity contribution in [1.29, 1.82) is 0 Å². The molecule has 0 spiro atoms. The second-order valence-corrected chi connectivity index (χ2v) is 12.5. The van der Waals surface area contributed by atoms with Crippen LogP contribution < -0.4 is 0 Å². The van der Waals surface area contributed by atoms with Gasteiger partial charge >= 0.3 is 12.4 Å². The molecule has 2 saturated heterocycles. The number of carbonyl (C=O) groups is 2. The summed E-state index contributed by atoms with van der Waals surface area (Å²) in [5.41, 5.74) is 0.835. The van der Waals surface area contributed by atoms with Gasteiger partial charge < -0.3 is 14.5 Å². The SMILES string of the molecule is COCc1cc(-c2ccc(CN3CCC(Cc4cc(C(F)(F)F)nc(-c5ccc(CN6CCCC6=O)cc5)n4)C3=O)cc2)nc(C(F)(F)F)c1. The largest absolute Gasteiger partial charge is 0.433 e. The molecular weight excluding hydrogens is 664 g/mol. The number of halogens is 6. The summed E-state index contributed by atoms with van der Waals surface area (Å²) in [7, 11) is 1.39. The van der Waals surface area contributed by atoms with Gasteiger partial charge in [-0.15, -0.1) is 0 Å². The van der Waals surface area contributed by atoms with E-state index in [2.05, 4.69) is 15.0 Å². The summed E-state index contributed by atoms with van der Waals surface area (Å²) in [6.45, 7) is 1.67. The van der Waals surface area contributed by atoms with Crippen LogP contribution in [0.5, 0.6) is 0 Å². The summed E-state index contributed by atoms with van der Waals surface area (Å²) in [6, 6.07) is 16.8. The Morgan fingerprint density at radius 2 is 1.36 bits per heavy atom. The Kier molecular flexibility index (Phi) is 9.92. The van der Waals surface area contributed by atoms with Crippen molar-refractivity contribution >= 4 is 11.8 Å². The number of hydrogen-bond acceptors (Lipinski definition) is 6. The number of alkyl halides is 6. The highest BCUT2D eigenvalue weighted by atomic mass is 19.4. The van der Waals surface area contributed by atoms with Crippen LogP contribution in [0.4, 0.5) is 26.3 Å². The molecule has 2 aliphatic rings. The Bertz CT molecular complexity index is 1860. The minimum atomic E-state index is -4.73. The lowest BCUT2D eigenvalue weighted by Gasteiger charge is -2.18. The summed E-state index contributed by atoms with van der Waals surface area (Å²) < 4.78 is 87.0. The minimum Gasteiger partial charge on any atom is -0.380 e. The van der Waals surface area contributed by atoms with Gasteiger partial charge in [-0.05, 0) is 47.7 Å². The lowest BCUT2D eigenvalue weighted by atomic mass is 10.0.